The van der Waals surface area contributed by atoms with Gasteiger partial charge < -0.3 is 0 Å². The van der Waals surface area contributed by atoms with Crippen molar-refractivity contribution in [3.8, 4) is 11.3 Å². The summed E-state index contributed by atoms with van der Waals surface area (Å²) >= 11 is 5.94. The molecule has 22 heavy (non-hydrogen) atoms. The highest BCUT2D eigenvalue weighted by atomic mass is 35.5. The Bertz CT molecular complexity index is 850. The number of Topliss-reactive ketones (excluding diaryl/α,β-unsaturated/α-hetero) is 1. The summed E-state index contributed by atoms with van der Waals surface area (Å²) in [5.74, 6) is 1.09. The summed E-state index contributed by atoms with van der Waals surface area (Å²) in [6.45, 7) is 0. The molecule has 5 heteroatoms. The van der Waals surface area contributed by atoms with Crippen LogP contribution in [0.25, 0.3) is 16.9 Å². The molecule has 4 nitrogen and oxygen atoms in total. The molecule has 3 aromatic rings. The molecule has 4 rings (SSSR count). The summed E-state index contributed by atoms with van der Waals surface area (Å²) in [7, 11) is 0. The summed E-state index contributed by atoms with van der Waals surface area (Å²) in [5.41, 5.74) is 2.71. The first kappa shape index (κ1) is 13.5. The molecule has 0 saturated heterocycles. The Labute approximate surface area is 132 Å². The number of aromatic nitrogens is 3. The van der Waals surface area contributed by atoms with Crippen LogP contribution in [0.2, 0.25) is 5.02 Å². The second kappa shape index (κ2) is 5.21. The van der Waals surface area contributed by atoms with Gasteiger partial charge in [0.1, 0.15) is 5.78 Å². The number of hydrogen-bond acceptors (Lipinski definition) is 3. The van der Waals surface area contributed by atoms with Crippen molar-refractivity contribution in [1.82, 2.24) is 14.6 Å². The molecule has 0 atom stereocenters. The van der Waals surface area contributed by atoms with E-state index in [2.05, 4.69) is 10.1 Å². The lowest BCUT2D eigenvalue weighted by molar-refractivity contribution is -0.119. The number of benzene rings is 1. The van der Waals surface area contributed by atoms with Gasteiger partial charge in [-0.05, 0) is 37.1 Å². The highest BCUT2D eigenvalue weighted by Gasteiger charge is 2.30. The van der Waals surface area contributed by atoms with Crippen molar-refractivity contribution in [3.05, 3.63) is 53.3 Å². The molecule has 1 fully saturated rings. The normalized spacial score (nSPS) is 14.4. The lowest BCUT2D eigenvalue weighted by Crippen LogP contribution is -2.06. The highest BCUT2D eigenvalue weighted by molar-refractivity contribution is 6.30. The van der Waals surface area contributed by atoms with E-state index in [9.17, 15) is 4.79 Å². The Hall–Kier alpha value is -2.20. The molecule has 2 heterocycles. The molecule has 0 unspecified atom stereocenters. The van der Waals surface area contributed by atoms with Crippen molar-refractivity contribution in [2.75, 3.05) is 0 Å². The van der Waals surface area contributed by atoms with Crippen LogP contribution in [0.5, 0.6) is 0 Å². The molecule has 0 radical (unpaired) electrons. The molecule has 0 N–H and O–H groups in total. The number of carbonyl (C=O) groups excluding carboxylic acids is 1. The standard InChI is InChI=1S/C17H14ClN3O/c18-13-8-6-11(7-9-13)14-2-1-3-17-19-16(20-21(14)17)10-15(22)12-4-5-12/h1-3,6-9,12H,4-5,10H2. The Morgan fingerprint density at radius 2 is 1.95 bits per heavy atom. The number of fused-ring (bicyclic) bond motifs is 1. The van der Waals surface area contributed by atoms with Gasteiger partial charge in [-0.3, -0.25) is 4.79 Å². The zero-order valence-electron chi connectivity index (χ0n) is 11.9. The number of rotatable bonds is 4. The van der Waals surface area contributed by atoms with Crippen LogP contribution in [0.1, 0.15) is 18.7 Å². The van der Waals surface area contributed by atoms with Gasteiger partial charge in [-0.1, -0.05) is 29.8 Å². The minimum atomic E-state index is 0.238. The SMILES string of the molecule is O=C(Cc1nc2cccc(-c3ccc(Cl)cc3)n2n1)C1CC1. The van der Waals surface area contributed by atoms with Crippen LogP contribution in [-0.4, -0.2) is 20.4 Å². The third kappa shape index (κ3) is 2.50. The van der Waals surface area contributed by atoms with E-state index in [1.54, 1.807) is 4.52 Å². The predicted molar refractivity (Wildman–Crippen MR) is 84.9 cm³/mol. The van der Waals surface area contributed by atoms with E-state index in [4.69, 9.17) is 11.6 Å². The fraction of sp³-hybridized carbons (Fsp3) is 0.235. The van der Waals surface area contributed by atoms with Gasteiger partial charge in [0.2, 0.25) is 0 Å². The average molecular weight is 312 g/mol. The van der Waals surface area contributed by atoms with Gasteiger partial charge in [0, 0.05) is 16.5 Å². The lowest BCUT2D eigenvalue weighted by atomic mass is 10.1. The predicted octanol–water partition coefficient (Wildman–Crippen LogP) is 3.57. The summed E-state index contributed by atoms with van der Waals surface area (Å²) in [6.07, 6.45) is 2.36. The number of nitrogens with zero attached hydrogens (tertiary/aromatic N) is 3. The van der Waals surface area contributed by atoms with Crippen molar-refractivity contribution in [2.45, 2.75) is 19.3 Å². The number of pyridine rings is 1. The number of carbonyl (C=O) groups is 1. The van der Waals surface area contributed by atoms with Crippen molar-refractivity contribution in [3.63, 3.8) is 0 Å². The number of hydrogen-bond donors (Lipinski definition) is 0. The van der Waals surface area contributed by atoms with E-state index in [0.717, 1.165) is 29.7 Å². The van der Waals surface area contributed by atoms with E-state index in [1.165, 1.54) is 0 Å². The molecule has 2 aromatic heterocycles. The van der Waals surface area contributed by atoms with Gasteiger partial charge in [-0.2, -0.15) is 5.10 Å². The fourth-order valence-corrected chi connectivity index (χ4v) is 2.70. The Morgan fingerprint density at radius 1 is 1.18 bits per heavy atom. The molecule has 0 bridgehead atoms. The van der Waals surface area contributed by atoms with Crippen molar-refractivity contribution in [1.29, 1.82) is 0 Å². The van der Waals surface area contributed by atoms with E-state index in [1.807, 2.05) is 42.5 Å². The average Bonchev–Trinajstić information content (AvgIpc) is 3.28. The van der Waals surface area contributed by atoms with Crippen LogP contribution in [-0.2, 0) is 11.2 Å². The molecule has 0 spiro atoms. The zero-order valence-corrected chi connectivity index (χ0v) is 12.6. The van der Waals surface area contributed by atoms with Crippen molar-refractivity contribution >= 4 is 23.0 Å². The second-order valence-electron chi connectivity index (χ2n) is 5.63. The van der Waals surface area contributed by atoms with Gasteiger partial charge >= 0.3 is 0 Å². The summed E-state index contributed by atoms with van der Waals surface area (Å²) < 4.78 is 1.79. The Morgan fingerprint density at radius 3 is 2.68 bits per heavy atom. The van der Waals surface area contributed by atoms with E-state index in [-0.39, 0.29) is 11.7 Å². The molecule has 1 aliphatic rings. The Kier molecular flexibility index (Phi) is 3.19. The molecule has 0 amide bonds. The minimum absolute atomic E-state index is 0.238. The topological polar surface area (TPSA) is 47.3 Å². The third-order valence-electron chi connectivity index (χ3n) is 3.91. The van der Waals surface area contributed by atoms with Gasteiger partial charge in [-0.15, -0.1) is 0 Å². The lowest BCUT2D eigenvalue weighted by Gasteiger charge is -2.04. The maximum absolute atomic E-state index is 11.9. The van der Waals surface area contributed by atoms with Crippen molar-refractivity contribution in [2.24, 2.45) is 5.92 Å². The Balaban J connectivity index is 1.74. The smallest absolute Gasteiger partial charge is 0.159 e. The molecule has 1 aliphatic carbocycles. The summed E-state index contributed by atoms with van der Waals surface area (Å²) in [4.78, 5) is 16.4. The molecular formula is C17H14ClN3O. The monoisotopic (exact) mass is 311 g/mol. The van der Waals surface area contributed by atoms with Gasteiger partial charge in [0.25, 0.3) is 0 Å². The molecule has 1 aromatic carbocycles. The fourth-order valence-electron chi connectivity index (χ4n) is 2.57. The van der Waals surface area contributed by atoms with E-state index in [0.29, 0.717) is 17.3 Å². The summed E-state index contributed by atoms with van der Waals surface area (Å²) in [5, 5.41) is 5.21. The van der Waals surface area contributed by atoms with E-state index < -0.39 is 0 Å². The van der Waals surface area contributed by atoms with Gasteiger partial charge in [0.15, 0.2) is 11.5 Å². The van der Waals surface area contributed by atoms with Gasteiger partial charge in [-0.25, -0.2) is 9.50 Å². The van der Waals surface area contributed by atoms with Crippen LogP contribution in [0, 0.1) is 5.92 Å². The highest BCUT2D eigenvalue weighted by Crippen LogP contribution is 2.30. The van der Waals surface area contributed by atoms with Crippen LogP contribution >= 0.6 is 11.6 Å². The molecular weight excluding hydrogens is 298 g/mol. The van der Waals surface area contributed by atoms with Crippen LogP contribution in [0.3, 0.4) is 0 Å². The van der Waals surface area contributed by atoms with Crippen molar-refractivity contribution < 1.29 is 4.79 Å². The van der Waals surface area contributed by atoms with E-state index >= 15 is 0 Å². The summed E-state index contributed by atoms with van der Waals surface area (Å²) in [6, 6.07) is 13.4. The molecule has 110 valence electrons. The number of halogens is 1. The first-order valence-corrected chi connectivity index (χ1v) is 7.72. The quantitative estimate of drug-likeness (QED) is 0.740. The largest absolute Gasteiger partial charge is 0.299 e. The maximum atomic E-state index is 11.9. The van der Waals surface area contributed by atoms with Crippen LogP contribution in [0.4, 0.5) is 0 Å². The first-order valence-electron chi connectivity index (χ1n) is 7.34. The second-order valence-corrected chi connectivity index (χ2v) is 6.07. The maximum Gasteiger partial charge on any atom is 0.159 e. The molecule has 1 saturated carbocycles. The van der Waals surface area contributed by atoms with Crippen LogP contribution < -0.4 is 0 Å². The first-order chi connectivity index (χ1) is 10.7. The molecule has 0 aliphatic heterocycles. The number of ketones is 1. The third-order valence-corrected chi connectivity index (χ3v) is 4.16. The zero-order chi connectivity index (χ0) is 15.1. The van der Waals surface area contributed by atoms with Crippen LogP contribution in [0.15, 0.2) is 42.5 Å². The minimum Gasteiger partial charge on any atom is -0.299 e. The van der Waals surface area contributed by atoms with Gasteiger partial charge in [0.05, 0.1) is 12.1 Å².